The topological polar surface area (TPSA) is 252 Å². The van der Waals surface area contributed by atoms with E-state index in [2.05, 4.69) is 25.1 Å². The average molecular weight is 648 g/mol. The molecule has 0 spiro atoms. The summed E-state index contributed by atoms with van der Waals surface area (Å²) in [7, 11) is -1.58. The van der Waals surface area contributed by atoms with Gasteiger partial charge in [0.1, 0.15) is 29.9 Å². The highest BCUT2D eigenvalue weighted by atomic mass is 31.2. The van der Waals surface area contributed by atoms with E-state index in [1.165, 1.54) is 20.4 Å². The monoisotopic (exact) mass is 647 g/mol. The number of anilines is 2. The molecular formula is C26H46N7O10P. The summed E-state index contributed by atoms with van der Waals surface area (Å²) in [4.78, 5) is 37.0. The zero-order valence-electron chi connectivity index (χ0n) is 26.2. The largest absolute Gasteiger partial charge is 0.479 e. The summed E-state index contributed by atoms with van der Waals surface area (Å²) in [5, 5.41) is 27.9. The number of rotatable bonds is 19. The van der Waals surface area contributed by atoms with Crippen molar-refractivity contribution in [2.45, 2.75) is 77.4 Å². The van der Waals surface area contributed by atoms with Crippen LogP contribution in [-0.4, -0.2) is 102 Å². The first kappa shape index (κ1) is 37.3. The van der Waals surface area contributed by atoms with Gasteiger partial charge in [-0.25, -0.2) is 10.2 Å². The van der Waals surface area contributed by atoms with Gasteiger partial charge in [0.2, 0.25) is 11.8 Å². The molecule has 0 bridgehead atoms. The molecule has 44 heavy (non-hydrogen) atoms. The maximum absolute atomic E-state index is 14.1. The van der Waals surface area contributed by atoms with Crippen LogP contribution in [0, 0.1) is 11.8 Å². The predicted octanol–water partition coefficient (Wildman–Crippen LogP) is 0.712. The number of nitrogens with one attached hydrogen (secondary N) is 2. The number of esters is 2. The highest BCUT2D eigenvalue weighted by Gasteiger charge is 2.66. The molecule has 1 aromatic rings. The minimum Gasteiger partial charge on any atom is -0.479 e. The Hall–Kier alpha value is -2.92. The quantitative estimate of drug-likeness (QED) is 0.0687. The molecule has 1 saturated carbocycles. The molecule has 7 unspecified atom stereocenters. The number of ether oxygens (including phenoxy) is 4. The van der Waals surface area contributed by atoms with Crippen LogP contribution >= 0.6 is 7.67 Å². The zero-order chi connectivity index (χ0) is 33.2. The second-order valence-electron chi connectivity index (χ2n) is 10.1. The third kappa shape index (κ3) is 8.84. The molecule has 250 valence electrons. The molecule has 8 N–H and O–H groups in total. The smallest absolute Gasteiger partial charge is 0.342 e. The molecule has 17 nitrogen and oxygen atoms in total. The fraction of sp³-hybridized carbons (Fsp3) is 0.731. The first-order valence-corrected chi connectivity index (χ1v) is 16.0. The number of aliphatic imine (C=N–C) groups is 1. The van der Waals surface area contributed by atoms with Crippen LogP contribution in [0.15, 0.2) is 4.99 Å². The molecular weight excluding hydrogens is 601 g/mol. The Labute approximate surface area is 257 Å². The summed E-state index contributed by atoms with van der Waals surface area (Å²) < 4.78 is 40.5. The maximum Gasteiger partial charge on any atom is 0.342 e. The summed E-state index contributed by atoms with van der Waals surface area (Å²) in [5.74, 6) is -2.60. The number of nitrogens with zero attached hydrogens (tertiary/aromatic N) is 3. The van der Waals surface area contributed by atoms with Crippen molar-refractivity contribution in [2.75, 3.05) is 45.5 Å². The molecule has 1 fully saturated rings. The van der Waals surface area contributed by atoms with Crippen LogP contribution in [0.4, 0.5) is 17.5 Å². The second kappa shape index (κ2) is 16.4. The molecule has 1 aliphatic carbocycles. The minimum absolute atomic E-state index is 0.0314. The summed E-state index contributed by atoms with van der Waals surface area (Å²) in [6.07, 6.45) is -0.990. The minimum atomic E-state index is -4.21. The summed E-state index contributed by atoms with van der Waals surface area (Å²) >= 11 is 0. The molecule has 18 heteroatoms. The van der Waals surface area contributed by atoms with Gasteiger partial charge in [0.15, 0.2) is 11.5 Å². The average Bonchev–Trinajstić information content (AvgIpc) is 3.53. The number of nitrogens with two attached hydrogens (primary N) is 2. The van der Waals surface area contributed by atoms with Gasteiger partial charge in [-0.3, -0.25) is 19.1 Å². The van der Waals surface area contributed by atoms with E-state index >= 15 is 0 Å². The number of aromatic nitrogens is 2. The molecule has 0 radical (unpaired) electrons. The number of carbonyl (C=O) groups is 2. The van der Waals surface area contributed by atoms with Gasteiger partial charge in [-0.15, -0.1) is 0 Å². The molecule has 1 aliphatic rings. The number of hydrogen-bond acceptors (Lipinski definition) is 15. The Bertz CT molecular complexity index is 1180. The van der Waals surface area contributed by atoms with Gasteiger partial charge < -0.3 is 45.2 Å². The fourth-order valence-corrected chi connectivity index (χ4v) is 6.57. The lowest BCUT2D eigenvalue weighted by molar-refractivity contribution is -0.145. The zero-order valence-corrected chi connectivity index (χ0v) is 27.1. The molecule has 1 heterocycles. The van der Waals surface area contributed by atoms with Crippen molar-refractivity contribution >= 4 is 43.3 Å². The van der Waals surface area contributed by atoms with Crippen LogP contribution in [0.2, 0.25) is 0 Å². The van der Waals surface area contributed by atoms with Crippen LogP contribution in [0.3, 0.4) is 0 Å². The Morgan fingerprint density at radius 3 is 2.07 bits per heavy atom. The summed E-state index contributed by atoms with van der Waals surface area (Å²) in [6, 6.07) is -2.09. The number of aliphatic hydroxyl groups excluding tert-OH is 1. The van der Waals surface area contributed by atoms with Gasteiger partial charge in [-0.2, -0.15) is 9.97 Å². The lowest BCUT2D eigenvalue weighted by Gasteiger charge is -2.31. The van der Waals surface area contributed by atoms with Gasteiger partial charge in [-0.1, -0.05) is 20.8 Å². The van der Waals surface area contributed by atoms with Crippen molar-refractivity contribution in [1.82, 2.24) is 20.1 Å². The molecule has 0 amide bonds. The molecule has 2 rings (SSSR count). The number of aliphatic hydroxyl groups is 2. The van der Waals surface area contributed by atoms with Gasteiger partial charge in [-0.05, 0) is 32.6 Å². The van der Waals surface area contributed by atoms with E-state index in [1.807, 2.05) is 0 Å². The standard InChI is InChI=1S/C26H46N7O10P/c1-8-16(23(35)41-10-3)32-44(38,33-17(9-2)24(36)42-11-4)43-13-18(39-6)20(34)26(37)14(5)15(26)12-29-19-21(27)30-25(28)31-22(19)40-7/h12,14-18,20,34,37H,8-11,13H2,1-7H3,(H2,32,33,38)(H4,27,28,30,31)/t14?,15?,16-,17?,18?,20?,26?,44?/m0/s1. The number of nitrogen functional groups attached to an aromatic ring is 2. The van der Waals surface area contributed by atoms with Crippen LogP contribution in [0.1, 0.15) is 47.5 Å². The van der Waals surface area contributed by atoms with Crippen LogP contribution in [0.5, 0.6) is 5.88 Å². The van der Waals surface area contributed by atoms with Gasteiger partial charge >= 0.3 is 19.6 Å². The second-order valence-corrected chi connectivity index (χ2v) is 11.9. The van der Waals surface area contributed by atoms with Crippen molar-refractivity contribution in [3.8, 4) is 5.88 Å². The van der Waals surface area contributed by atoms with Crippen molar-refractivity contribution in [2.24, 2.45) is 16.8 Å². The number of methoxy groups -OCH3 is 2. The van der Waals surface area contributed by atoms with Crippen LogP contribution < -0.4 is 26.4 Å². The van der Waals surface area contributed by atoms with Crippen molar-refractivity contribution in [1.29, 1.82) is 0 Å². The SMILES string of the molecule is CCOC(=O)C(CC)NP(=O)(N[C@@H](CC)C(=O)OCC)OCC(OC)C(O)C1(O)C(C)C1C=Nc1c(N)nc(N)nc1OC. The van der Waals surface area contributed by atoms with Crippen molar-refractivity contribution < 1.29 is 47.8 Å². The summed E-state index contributed by atoms with van der Waals surface area (Å²) in [6.45, 7) is 7.99. The third-order valence-corrected chi connectivity index (χ3v) is 9.12. The third-order valence-electron chi connectivity index (χ3n) is 7.31. The van der Waals surface area contributed by atoms with Gasteiger partial charge in [0.05, 0.1) is 26.9 Å². The Balaban J connectivity index is 2.27. The fourth-order valence-electron chi connectivity index (χ4n) is 4.60. The van der Waals surface area contributed by atoms with Crippen LogP contribution in [0.25, 0.3) is 0 Å². The maximum atomic E-state index is 14.1. The van der Waals surface area contributed by atoms with E-state index in [0.29, 0.717) is 0 Å². The van der Waals surface area contributed by atoms with Gasteiger partial charge in [0.25, 0.3) is 0 Å². The van der Waals surface area contributed by atoms with Crippen molar-refractivity contribution in [3.05, 3.63) is 0 Å². The van der Waals surface area contributed by atoms with E-state index < -0.39 is 67.9 Å². The Kier molecular flexibility index (Phi) is 13.9. The Morgan fingerprint density at radius 2 is 1.61 bits per heavy atom. The highest BCUT2D eigenvalue weighted by molar-refractivity contribution is 7.54. The normalized spacial score (nSPS) is 23.8. The first-order chi connectivity index (χ1) is 20.8. The lowest BCUT2D eigenvalue weighted by atomic mass is 10.0. The summed E-state index contributed by atoms with van der Waals surface area (Å²) in [5.41, 5.74) is 9.89. The lowest BCUT2D eigenvalue weighted by Crippen LogP contribution is -2.47. The van der Waals surface area contributed by atoms with Crippen LogP contribution in [-0.2, 0) is 32.9 Å². The van der Waals surface area contributed by atoms with E-state index in [4.69, 9.17) is 34.9 Å². The molecule has 0 aromatic carbocycles. The first-order valence-electron chi connectivity index (χ1n) is 14.3. The number of hydrogen-bond donors (Lipinski definition) is 6. The van der Waals surface area contributed by atoms with E-state index in [-0.39, 0.29) is 49.4 Å². The predicted molar refractivity (Wildman–Crippen MR) is 161 cm³/mol. The molecule has 0 aliphatic heterocycles. The van der Waals surface area contributed by atoms with Crippen molar-refractivity contribution in [3.63, 3.8) is 0 Å². The Morgan fingerprint density at radius 1 is 1.07 bits per heavy atom. The molecule has 8 atom stereocenters. The molecule has 1 aromatic heterocycles. The van der Waals surface area contributed by atoms with E-state index in [0.717, 1.165) is 0 Å². The van der Waals surface area contributed by atoms with Gasteiger partial charge in [0, 0.05) is 19.2 Å². The number of carbonyl (C=O) groups excluding carboxylic acids is 2. The molecule has 0 saturated heterocycles. The highest BCUT2D eigenvalue weighted by Crippen LogP contribution is 2.53. The van der Waals surface area contributed by atoms with E-state index in [9.17, 15) is 24.4 Å². The van der Waals surface area contributed by atoms with E-state index in [1.54, 1.807) is 34.6 Å².